The fourth-order valence-electron chi connectivity index (χ4n) is 2.36. The number of hydrazone groups is 1. The van der Waals surface area contributed by atoms with Crippen molar-refractivity contribution in [2.24, 2.45) is 5.10 Å². The Morgan fingerprint density at radius 2 is 1.86 bits per heavy atom. The minimum absolute atomic E-state index is 0.117. The van der Waals surface area contributed by atoms with Gasteiger partial charge in [0.25, 0.3) is 5.91 Å². The van der Waals surface area contributed by atoms with Crippen molar-refractivity contribution in [3.63, 3.8) is 0 Å². The summed E-state index contributed by atoms with van der Waals surface area (Å²) >= 11 is 0. The van der Waals surface area contributed by atoms with Gasteiger partial charge in [0.2, 0.25) is 0 Å². The molecule has 0 bridgehead atoms. The number of carbonyl (C=O) groups is 1. The van der Waals surface area contributed by atoms with Crippen LogP contribution in [-0.4, -0.2) is 21.2 Å². The van der Waals surface area contributed by atoms with Crippen LogP contribution in [0, 0.1) is 20.8 Å². The second kappa shape index (κ2) is 5.26. The van der Waals surface area contributed by atoms with Gasteiger partial charge in [-0.05, 0) is 51.0 Å². The molecule has 1 amide bonds. The number of amides is 1. The topological polar surface area (TPSA) is 50.5 Å². The quantitative estimate of drug-likeness (QED) is 0.799. The molecule has 1 aromatic carbocycles. The summed E-state index contributed by atoms with van der Waals surface area (Å²) in [6, 6.07) is 5.91. The molecular formula is C17H18N4O. The molecule has 0 aliphatic carbocycles. The molecule has 0 saturated carbocycles. The van der Waals surface area contributed by atoms with Gasteiger partial charge in [0.15, 0.2) is 0 Å². The summed E-state index contributed by atoms with van der Waals surface area (Å²) in [4.78, 5) is 16.8. The number of carbonyl (C=O) groups excluding carboxylic acids is 1. The Hall–Kier alpha value is -2.69. The third-order valence-electron chi connectivity index (χ3n) is 3.93. The third-order valence-corrected chi connectivity index (χ3v) is 3.93. The Morgan fingerprint density at radius 1 is 1.09 bits per heavy atom. The predicted molar refractivity (Wildman–Crippen MR) is 87.7 cm³/mol. The lowest BCUT2D eigenvalue weighted by Crippen LogP contribution is -2.21. The standard InChI is InChI=1S/C17H18N4O/c1-11-5-6-15(9-12(11)2)21-17(22)16(13(3)19-21)10-20-8-7-18-14(20)4/h5-10H,1-4H3/b16-10+. The number of anilines is 1. The van der Waals surface area contributed by atoms with Crippen molar-refractivity contribution in [2.45, 2.75) is 27.7 Å². The van der Waals surface area contributed by atoms with E-state index in [0.29, 0.717) is 11.3 Å². The molecule has 2 heterocycles. The Kier molecular flexibility index (Phi) is 3.41. The summed E-state index contributed by atoms with van der Waals surface area (Å²) in [7, 11) is 0. The molecule has 5 nitrogen and oxygen atoms in total. The monoisotopic (exact) mass is 294 g/mol. The number of nitrogens with zero attached hydrogens (tertiary/aromatic N) is 4. The first-order valence-electron chi connectivity index (χ1n) is 7.16. The van der Waals surface area contributed by atoms with E-state index in [1.165, 1.54) is 10.6 Å². The minimum atomic E-state index is -0.117. The molecule has 0 radical (unpaired) electrons. The van der Waals surface area contributed by atoms with E-state index in [-0.39, 0.29) is 5.91 Å². The molecule has 5 heteroatoms. The molecule has 0 spiro atoms. The average Bonchev–Trinajstić information content (AvgIpc) is 3.00. The number of benzene rings is 1. The van der Waals surface area contributed by atoms with E-state index in [1.807, 2.05) is 56.7 Å². The number of aromatic nitrogens is 2. The van der Waals surface area contributed by atoms with Crippen LogP contribution >= 0.6 is 0 Å². The molecule has 22 heavy (non-hydrogen) atoms. The van der Waals surface area contributed by atoms with Gasteiger partial charge >= 0.3 is 0 Å². The second-order valence-electron chi connectivity index (χ2n) is 5.50. The van der Waals surface area contributed by atoms with E-state index in [4.69, 9.17) is 0 Å². The molecule has 0 unspecified atom stereocenters. The van der Waals surface area contributed by atoms with Crippen molar-refractivity contribution in [3.05, 3.63) is 53.1 Å². The van der Waals surface area contributed by atoms with Gasteiger partial charge in [0.05, 0.1) is 17.0 Å². The van der Waals surface area contributed by atoms with Gasteiger partial charge in [-0.25, -0.2) is 4.98 Å². The highest BCUT2D eigenvalue weighted by molar-refractivity contribution is 6.31. The van der Waals surface area contributed by atoms with Gasteiger partial charge < -0.3 is 4.57 Å². The Labute approximate surface area is 129 Å². The van der Waals surface area contributed by atoms with Crippen LogP contribution in [0.1, 0.15) is 23.9 Å². The Balaban J connectivity index is 1.98. The molecule has 2 aromatic rings. The molecule has 0 atom stereocenters. The fourth-order valence-corrected chi connectivity index (χ4v) is 2.36. The molecule has 3 rings (SSSR count). The first-order valence-corrected chi connectivity index (χ1v) is 7.16. The van der Waals surface area contributed by atoms with Gasteiger partial charge in [-0.1, -0.05) is 6.07 Å². The number of hydrogen-bond donors (Lipinski definition) is 0. The first-order chi connectivity index (χ1) is 10.5. The lowest BCUT2D eigenvalue weighted by molar-refractivity contribution is -0.114. The van der Waals surface area contributed by atoms with E-state index in [9.17, 15) is 4.79 Å². The normalized spacial score (nSPS) is 16.5. The van der Waals surface area contributed by atoms with Crippen LogP contribution in [0.5, 0.6) is 0 Å². The maximum atomic E-state index is 12.7. The zero-order valence-corrected chi connectivity index (χ0v) is 13.2. The van der Waals surface area contributed by atoms with Crippen LogP contribution in [-0.2, 0) is 4.79 Å². The molecule has 0 N–H and O–H groups in total. The second-order valence-corrected chi connectivity index (χ2v) is 5.50. The van der Waals surface area contributed by atoms with Gasteiger partial charge in [0.1, 0.15) is 5.82 Å². The molecule has 112 valence electrons. The first kappa shape index (κ1) is 14.3. The third kappa shape index (κ3) is 2.35. The van der Waals surface area contributed by atoms with E-state index >= 15 is 0 Å². The maximum absolute atomic E-state index is 12.7. The van der Waals surface area contributed by atoms with Gasteiger partial charge in [0, 0.05) is 18.6 Å². The summed E-state index contributed by atoms with van der Waals surface area (Å²) in [5, 5.41) is 5.86. The number of imidazole rings is 1. The zero-order chi connectivity index (χ0) is 15.9. The Morgan fingerprint density at radius 3 is 2.50 bits per heavy atom. The zero-order valence-electron chi connectivity index (χ0n) is 13.2. The number of rotatable bonds is 2. The minimum Gasteiger partial charge on any atom is -0.310 e. The van der Waals surface area contributed by atoms with Crippen molar-refractivity contribution >= 4 is 23.5 Å². The van der Waals surface area contributed by atoms with Crippen molar-refractivity contribution in [1.82, 2.24) is 9.55 Å². The highest BCUT2D eigenvalue weighted by Crippen LogP contribution is 2.26. The maximum Gasteiger partial charge on any atom is 0.282 e. The lowest BCUT2D eigenvalue weighted by Gasteiger charge is -2.13. The molecular weight excluding hydrogens is 276 g/mol. The number of aryl methyl sites for hydroxylation is 3. The summed E-state index contributed by atoms with van der Waals surface area (Å²) in [6.45, 7) is 7.81. The molecule has 1 aliphatic heterocycles. The SMILES string of the molecule is CC1=NN(c2ccc(C)c(C)c2)C(=O)/C1=C/n1ccnc1C. The van der Waals surface area contributed by atoms with Crippen LogP contribution in [0.25, 0.3) is 6.20 Å². The predicted octanol–water partition coefficient (Wildman–Crippen LogP) is 3.07. The van der Waals surface area contributed by atoms with Crippen molar-refractivity contribution in [3.8, 4) is 0 Å². The molecule has 1 aromatic heterocycles. The summed E-state index contributed by atoms with van der Waals surface area (Å²) in [5.74, 6) is 0.714. The van der Waals surface area contributed by atoms with E-state index in [1.54, 1.807) is 12.4 Å². The highest BCUT2D eigenvalue weighted by Gasteiger charge is 2.29. The summed E-state index contributed by atoms with van der Waals surface area (Å²) in [5.41, 5.74) is 4.41. The fraction of sp³-hybridized carbons (Fsp3) is 0.235. The van der Waals surface area contributed by atoms with E-state index in [2.05, 4.69) is 10.1 Å². The molecule has 0 saturated heterocycles. The van der Waals surface area contributed by atoms with Crippen molar-refractivity contribution < 1.29 is 4.79 Å². The lowest BCUT2D eigenvalue weighted by atomic mass is 10.1. The van der Waals surface area contributed by atoms with Crippen molar-refractivity contribution in [1.29, 1.82) is 0 Å². The smallest absolute Gasteiger partial charge is 0.282 e. The van der Waals surface area contributed by atoms with E-state index in [0.717, 1.165) is 17.1 Å². The van der Waals surface area contributed by atoms with Gasteiger partial charge in [-0.15, -0.1) is 0 Å². The highest BCUT2D eigenvalue weighted by atomic mass is 16.2. The summed E-state index contributed by atoms with van der Waals surface area (Å²) < 4.78 is 1.83. The average molecular weight is 294 g/mol. The van der Waals surface area contributed by atoms with Crippen LogP contribution in [0.3, 0.4) is 0 Å². The van der Waals surface area contributed by atoms with Crippen LogP contribution in [0.2, 0.25) is 0 Å². The van der Waals surface area contributed by atoms with Gasteiger partial charge in [-0.3, -0.25) is 4.79 Å². The Bertz CT molecular complexity index is 814. The summed E-state index contributed by atoms with van der Waals surface area (Å²) in [6.07, 6.45) is 5.31. The number of hydrogen-bond acceptors (Lipinski definition) is 3. The molecule has 1 aliphatic rings. The largest absolute Gasteiger partial charge is 0.310 e. The van der Waals surface area contributed by atoms with Crippen LogP contribution < -0.4 is 5.01 Å². The van der Waals surface area contributed by atoms with E-state index < -0.39 is 0 Å². The van der Waals surface area contributed by atoms with Gasteiger partial charge in [-0.2, -0.15) is 10.1 Å². The molecule has 0 fully saturated rings. The van der Waals surface area contributed by atoms with Crippen LogP contribution in [0.4, 0.5) is 5.69 Å². The van der Waals surface area contributed by atoms with Crippen LogP contribution in [0.15, 0.2) is 41.3 Å². The van der Waals surface area contributed by atoms with Crippen molar-refractivity contribution in [2.75, 3.05) is 5.01 Å².